The summed E-state index contributed by atoms with van der Waals surface area (Å²) in [6, 6.07) is 6.85. The molecule has 0 bridgehead atoms. The van der Waals surface area contributed by atoms with Crippen LogP contribution in [0.3, 0.4) is 0 Å². The average molecular weight is 268 g/mol. The fraction of sp³-hybridized carbons (Fsp3) is 0.182. The van der Waals surface area contributed by atoms with Gasteiger partial charge < -0.3 is 9.72 Å². The molecule has 1 heterocycles. The Morgan fingerprint density at radius 1 is 1.33 bits per heavy atom. The van der Waals surface area contributed by atoms with Gasteiger partial charge in [0, 0.05) is 17.0 Å². The number of nitrogens with one attached hydrogen (secondary N) is 2. The molecule has 2 rings (SSSR count). The molecule has 2 N–H and O–H groups in total. The Labute approximate surface area is 104 Å². The summed E-state index contributed by atoms with van der Waals surface area (Å²) in [5.41, 5.74) is 0.886. The third kappa shape index (κ3) is 2.62. The second-order valence-electron chi connectivity index (χ2n) is 3.84. The molecule has 0 atom stereocenters. The number of carbonyl (C=O) groups is 1. The number of benzene rings is 1. The first-order chi connectivity index (χ1) is 8.39. The number of amides is 1. The van der Waals surface area contributed by atoms with Crippen LogP contribution in [0.1, 0.15) is 10.5 Å². The van der Waals surface area contributed by atoms with E-state index < -0.39 is 15.9 Å². The zero-order valence-corrected chi connectivity index (χ0v) is 10.7. The molecular formula is C11H12N2O4S. The topological polar surface area (TPSA) is 88.3 Å². The third-order valence-corrected chi connectivity index (χ3v) is 2.91. The van der Waals surface area contributed by atoms with E-state index in [1.165, 1.54) is 0 Å². The van der Waals surface area contributed by atoms with E-state index in [1.807, 2.05) is 4.72 Å². The van der Waals surface area contributed by atoms with Crippen LogP contribution in [0.2, 0.25) is 0 Å². The summed E-state index contributed by atoms with van der Waals surface area (Å²) in [4.78, 5) is 14.5. The van der Waals surface area contributed by atoms with Crippen LogP contribution in [-0.4, -0.2) is 32.7 Å². The van der Waals surface area contributed by atoms with Crippen molar-refractivity contribution in [3.8, 4) is 5.75 Å². The maximum Gasteiger partial charge on any atom is 0.281 e. The molecule has 0 unspecified atom stereocenters. The van der Waals surface area contributed by atoms with Crippen LogP contribution in [0.4, 0.5) is 0 Å². The lowest BCUT2D eigenvalue weighted by Gasteiger charge is -1.99. The number of sulfonamides is 1. The molecule has 0 radical (unpaired) electrons. The van der Waals surface area contributed by atoms with Crippen LogP contribution < -0.4 is 9.46 Å². The van der Waals surface area contributed by atoms with Crippen LogP contribution >= 0.6 is 0 Å². The minimum Gasteiger partial charge on any atom is -0.497 e. The van der Waals surface area contributed by atoms with Gasteiger partial charge in [0.2, 0.25) is 10.0 Å². The highest BCUT2D eigenvalue weighted by Crippen LogP contribution is 2.21. The monoisotopic (exact) mass is 268 g/mol. The van der Waals surface area contributed by atoms with E-state index in [2.05, 4.69) is 4.98 Å². The molecule has 1 aromatic carbocycles. The van der Waals surface area contributed by atoms with Gasteiger partial charge in [-0.1, -0.05) is 0 Å². The lowest BCUT2D eigenvalue weighted by atomic mass is 10.2. The molecule has 0 aliphatic heterocycles. The van der Waals surface area contributed by atoms with Gasteiger partial charge in [0.05, 0.1) is 13.4 Å². The fourth-order valence-electron chi connectivity index (χ4n) is 1.58. The number of ether oxygens (including phenoxy) is 1. The molecule has 7 heteroatoms. The summed E-state index contributed by atoms with van der Waals surface area (Å²) in [5.74, 6) is -0.0351. The summed E-state index contributed by atoms with van der Waals surface area (Å²) in [7, 11) is -2.02. The van der Waals surface area contributed by atoms with E-state index in [9.17, 15) is 13.2 Å². The number of fused-ring (bicyclic) bond motifs is 1. The van der Waals surface area contributed by atoms with Gasteiger partial charge in [-0.25, -0.2) is 13.1 Å². The van der Waals surface area contributed by atoms with Crippen LogP contribution in [0.25, 0.3) is 10.9 Å². The highest BCUT2D eigenvalue weighted by molar-refractivity contribution is 7.89. The average Bonchev–Trinajstić information content (AvgIpc) is 2.69. The van der Waals surface area contributed by atoms with Crippen molar-refractivity contribution in [3.63, 3.8) is 0 Å². The molecule has 1 amide bonds. The number of hydrogen-bond acceptors (Lipinski definition) is 4. The van der Waals surface area contributed by atoms with E-state index in [0.29, 0.717) is 11.3 Å². The van der Waals surface area contributed by atoms with Crippen molar-refractivity contribution in [2.75, 3.05) is 13.4 Å². The lowest BCUT2D eigenvalue weighted by molar-refractivity contribution is 0.0977. The predicted molar refractivity (Wildman–Crippen MR) is 67.2 cm³/mol. The fourth-order valence-corrected chi connectivity index (χ4v) is 2.03. The highest BCUT2D eigenvalue weighted by atomic mass is 32.2. The minimum atomic E-state index is -3.57. The summed E-state index contributed by atoms with van der Waals surface area (Å²) < 4.78 is 28.9. The second-order valence-corrected chi connectivity index (χ2v) is 5.59. The molecule has 0 saturated carbocycles. The quantitative estimate of drug-likeness (QED) is 0.864. The molecule has 6 nitrogen and oxygen atoms in total. The smallest absolute Gasteiger partial charge is 0.281 e. The van der Waals surface area contributed by atoms with E-state index in [0.717, 1.165) is 11.6 Å². The molecule has 96 valence electrons. The first-order valence-corrected chi connectivity index (χ1v) is 6.97. The van der Waals surface area contributed by atoms with Gasteiger partial charge in [-0.05, 0) is 18.2 Å². The summed E-state index contributed by atoms with van der Waals surface area (Å²) in [6.45, 7) is 0. The van der Waals surface area contributed by atoms with Crippen molar-refractivity contribution in [3.05, 3.63) is 30.0 Å². The van der Waals surface area contributed by atoms with Crippen molar-refractivity contribution in [1.82, 2.24) is 9.71 Å². The maximum atomic E-state index is 11.6. The Morgan fingerprint density at radius 3 is 2.67 bits per heavy atom. The highest BCUT2D eigenvalue weighted by Gasteiger charge is 2.13. The van der Waals surface area contributed by atoms with Crippen molar-refractivity contribution in [2.45, 2.75) is 0 Å². The molecule has 1 aromatic heterocycles. The normalized spacial score (nSPS) is 11.4. The molecule has 0 spiro atoms. The molecule has 2 aromatic rings. The molecule has 0 aliphatic rings. The van der Waals surface area contributed by atoms with Crippen LogP contribution in [-0.2, 0) is 10.0 Å². The number of H-pyrrole nitrogens is 1. The SMILES string of the molecule is COc1ccc2cc(C(=O)NS(C)(=O)=O)[nH]c2c1. The molecule has 0 saturated heterocycles. The van der Waals surface area contributed by atoms with Crippen LogP contribution in [0.5, 0.6) is 5.75 Å². The molecule has 0 aliphatic carbocycles. The first kappa shape index (κ1) is 12.4. The van der Waals surface area contributed by atoms with Crippen molar-refractivity contribution >= 4 is 26.8 Å². The second kappa shape index (κ2) is 4.34. The molecule has 0 fully saturated rings. The Bertz CT molecular complexity index is 703. The minimum absolute atomic E-state index is 0.184. The Kier molecular flexibility index (Phi) is 3.00. The van der Waals surface area contributed by atoms with Gasteiger partial charge in [-0.15, -0.1) is 0 Å². The van der Waals surface area contributed by atoms with Gasteiger partial charge in [0.15, 0.2) is 0 Å². The predicted octanol–water partition coefficient (Wildman–Crippen LogP) is 0.866. The Morgan fingerprint density at radius 2 is 2.06 bits per heavy atom. The number of methoxy groups -OCH3 is 1. The van der Waals surface area contributed by atoms with Gasteiger partial charge >= 0.3 is 0 Å². The first-order valence-electron chi connectivity index (χ1n) is 5.08. The van der Waals surface area contributed by atoms with Gasteiger partial charge in [-0.3, -0.25) is 4.79 Å². The molecular weight excluding hydrogens is 256 g/mol. The maximum absolute atomic E-state index is 11.6. The molecule has 18 heavy (non-hydrogen) atoms. The number of aromatic amines is 1. The van der Waals surface area contributed by atoms with Gasteiger partial charge in [0.25, 0.3) is 5.91 Å². The standard InChI is InChI=1S/C11H12N2O4S/c1-17-8-4-3-7-5-10(12-9(7)6-8)11(14)13-18(2,15)16/h3-6,12H,1-2H3,(H,13,14). The zero-order valence-electron chi connectivity index (χ0n) is 9.85. The van der Waals surface area contributed by atoms with Crippen LogP contribution in [0, 0.1) is 0 Å². The van der Waals surface area contributed by atoms with E-state index in [-0.39, 0.29) is 5.69 Å². The summed E-state index contributed by atoms with van der Waals surface area (Å²) in [5, 5.41) is 0.800. The van der Waals surface area contributed by atoms with E-state index in [1.54, 1.807) is 31.4 Å². The van der Waals surface area contributed by atoms with E-state index >= 15 is 0 Å². The van der Waals surface area contributed by atoms with Gasteiger partial charge in [0.1, 0.15) is 11.4 Å². The third-order valence-electron chi connectivity index (χ3n) is 2.35. The number of hydrogen-bond donors (Lipinski definition) is 2. The van der Waals surface area contributed by atoms with Crippen LogP contribution in [0.15, 0.2) is 24.3 Å². The van der Waals surface area contributed by atoms with Crippen molar-refractivity contribution < 1.29 is 17.9 Å². The van der Waals surface area contributed by atoms with E-state index in [4.69, 9.17) is 4.74 Å². The lowest BCUT2D eigenvalue weighted by Crippen LogP contribution is -2.29. The van der Waals surface area contributed by atoms with Crippen molar-refractivity contribution in [1.29, 1.82) is 0 Å². The number of rotatable bonds is 3. The largest absolute Gasteiger partial charge is 0.497 e. The summed E-state index contributed by atoms with van der Waals surface area (Å²) >= 11 is 0. The zero-order chi connectivity index (χ0) is 13.3. The van der Waals surface area contributed by atoms with Crippen molar-refractivity contribution in [2.24, 2.45) is 0 Å². The Balaban J connectivity index is 2.38. The number of aromatic nitrogens is 1. The van der Waals surface area contributed by atoms with Gasteiger partial charge in [-0.2, -0.15) is 0 Å². The summed E-state index contributed by atoms with van der Waals surface area (Å²) in [6.07, 6.45) is 0.927. The number of carbonyl (C=O) groups excluding carboxylic acids is 1. The Hall–Kier alpha value is -2.02.